The van der Waals surface area contributed by atoms with Crippen LogP contribution in [-0.2, 0) is 11.2 Å². The van der Waals surface area contributed by atoms with E-state index in [-0.39, 0.29) is 18.0 Å². The van der Waals surface area contributed by atoms with Crippen LogP contribution < -0.4 is 4.90 Å². The summed E-state index contributed by atoms with van der Waals surface area (Å²) in [6, 6.07) is 8.37. The molecule has 17 heavy (non-hydrogen) atoms. The highest BCUT2D eigenvalue weighted by Crippen LogP contribution is 2.32. The van der Waals surface area contributed by atoms with E-state index in [1.165, 1.54) is 5.56 Å². The van der Waals surface area contributed by atoms with Crippen molar-refractivity contribution in [1.29, 1.82) is 0 Å². The van der Waals surface area contributed by atoms with Crippen LogP contribution in [0, 0.1) is 0 Å². The number of carbonyl (C=O) groups is 1. The van der Waals surface area contributed by atoms with E-state index >= 15 is 0 Å². The second-order valence-electron chi connectivity index (χ2n) is 5.03. The van der Waals surface area contributed by atoms with Crippen molar-refractivity contribution in [2.75, 3.05) is 19.0 Å². The lowest BCUT2D eigenvalue weighted by molar-refractivity contribution is -0.122. The van der Waals surface area contributed by atoms with E-state index in [0.29, 0.717) is 0 Å². The molecular weight excluding hydrogens is 212 g/mol. The van der Waals surface area contributed by atoms with E-state index in [0.717, 1.165) is 12.1 Å². The number of carbonyl (C=O) groups excluding carboxylic acids is 1. The smallest absolute Gasteiger partial charge is 0.244 e. The Bertz CT molecular complexity index is 428. The fraction of sp³-hybridized carbons (Fsp3) is 0.500. The Morgan fingerprint density at radius 3 is 2.71 bits per heavy atom. The molecule has 0 saturated heterocycles. The van der Waals surface area contributed by atoms with Gasteiger partial charge in [0.25, 0.3) is 0 Å². The first kappa shape index (κ1) is 12.1. The van der Waals surface area contributed by atoms with Crippen LogP contribution in [0.15, 0.2) is 24.3 Å². The van der Waals surface area contributed by atoms with Gasteiger partial charge in [-0.25, -0.2) is 0 Å². The highest BCUT2D eigenvalue weighted by molar-refractivity contribution is 5.99. The highest BCUT2D eigenvalue weighted by Gasteiger charge is 2.33. The van der Waals surface area contributed by atoms with Gasteiger partial charge in [0.1, 0.15) is 0 Å². The Balaban J connectivity index is 2.30. The van der Waals surface area contributed by atoms with Gasteiger partial charge in [-0.1, -0.05) is 18.2 Å². The quantitative estimate of drug-likeness (QED) is 0.777. The minimum atomic E-state index is -0.0800. The molecule has 1 aromatic rings. The Kier molecular flexibility index (Phi) is 3.20. The van der Waals surface area contributed by atoms with Crippen LogP contribution in [0.25, 0.3) is 0 Å². The maximum Gasteiger partial charge on any atom is 0.244 e. The van der Waals surface area contributed by atoms with Crippen molar-refractivity contribution in [2.45, 2.75) is 32.4 Å². The SMILES string of the molecule is CC(C(=O)N1c2ccccc2CC1C)N(C)C. The van der Waals surface area contributed by atoms with Crippen LogP contribution in [0.5, 0.6) is 0 Å². The van der Waals surface area contributed by atoms with Gasteiger partial charge in [-0.05, 0) is 46.0 Å². The van der Waals surface area contributed by atoms with Crippen molar-refractivity contribution in [3.05, 3.63) is 29.8 Å². The number of hydrogen-bond donors (Lipinski definition) is 0. The number of nitrogens with zero attached hydrogens (tertiary/aromatic N) is 2. The summed E-state index contributed by atoms with van der Waals surface area (Å²) in [5, 5.41) is 0. The van der Waals surface area contributed by atoms with Crippen molar-refractivity contribution in [3.63, 3.8) is 0 Å². The molecule has 1 amide bonds. The molecule has 0 bridgehead atoms. The Morgan fingerprint density at radius 1 is 1.41 bits per heavy atom. The monoisotopic (exact) mass is 232 g/mol. The van der Waals surface area contributed by atoms with Crippen LogP contribution in [0.3, 0.4) is 0 Å². The molecule has 0 saturated carbocycles. The maximum atomic E-state index is 12.4. The summed E-state index contributed by atoms with van der Waals surface area (Å²) < 4.78 is 0. The molecule has 3 nitrogen and oxygen atoms in total. The van der Waals surface area contributed by atoms with Gasteiger partial charge in [0, 0.05) is 11.7 Å². The third-order valence-electron chi connectivity index (χ3n) is 3.58. The lowest BCUT2D eigenvalue weighted by atomic mass is 10.1. The number of amides is 1. The number of likely N-dealkylation sites (N-methyl/N-ethyl adjacent to an activating group) is 1. The van der Waals surface area contributed by atoms with E-state index in [2.05, 4.69) is 13.0 Å². The van der Waals surface area contributed by atoms with Gasteiger partial charge in [-0.3, -0.25) is 9.69 Å². The first-order valence-electron chi connectivity index (χ1n) is 6.09. The number of para-hydroxylation sites is 1. The molecule has 2 atom stereocenters. The fourth-order valence-electron chi connectivity index (χ4n) is 2.32. The normalized spacial score (nSPS) is 20.5. The van der Waals surface area contributed by atoms with Gasteiger partial charge < -0.3 is 4.90 Å². The number of benzene rings is 1. The standard InChI is InChI=1S/C14H20N2O/c1-10-9-12-7-5-6-8-13(12)16(10)14(17)11(2)15(3)4/h5-8,10-11H,9H2,1-4H3. The summed E-state index contributed by atoms with van der Waals surface area (Å²) in [4.78, 5) is 16.3. The van der Waals surface area contributed by atoms with E-state index < -0.39 is 0 Å². The number of hydrogen-bond acceptors (Lipinski definition) is 2. The number of anilines is 1. The number of fused-ring (bicyclic) bond motifs is 1. The van der Waals surface area contributed by atoms with E-state index in [1.807, 2.05) is 49.0 Å². The average molecular weight is 232 g/mol. The molecule has 3 heteroatoms. The molecule has 0 aromatic heterocycles. The summed E-state index contributed by atoms with van der Waals surface area (Å²) >= 11 is 0. The predicted molar refractivity (Wildman–Crippen MR) is 70.2 cm³/mol. The Hall–Kier alpha value is -1.35. The third-order valence-corrected chi connectivity index (χ3v) is 3.58. The highest BCUT2D eigenvalue weighted by atomic mass is 16.2. The Labute approximate surface area is 103 Å². The van der Waals surface area contributed by atoms with E-state index in [4.69, 9.17) is 0 Å². The predicted octanol–water partition coefficient (Wildman–Crippen LogP) is 1.91. The molecule has 0 aliphatic carbocycles. The second kappa shape index (κ2) is 4.49. The molecule has 92 valence electrons. The molecule has 0 N–H and O–H groups in total. The molecule has 0 spiro atoms. The lowest BCUT2D eigenvalue weighted by Gasteiger charge is -2.29. The minimum Gasteiger partial charge on any atom is -0.308 e. The Morgan fingerprint density at radius 2 is 2.06 bits per heavy atom. The zero-order valence-corrected chi connectivity index (χ0v) is 11.0. The summed E-state index contributed by atoms with van der Waals surface area (Å²) in [5.41, 5.74) is 2.36. The van der Waals surface area contributed by atoms with Crippen LogP contribution in [0.4, 0.5) is 5.69 Å². The summed E-state index contributed by atoms with van der Waals surface area (Å²) in [6.07, 6.45) is 0.960. The van der Waals surface area contributed by atoms with Gasteiger partial charge in [-0.2, -0.15) is 0 Å². The van der Waals surface area contributed by atoms with Crippen LogP contribution in [0.1, 0.15) is 19.4 Å². The fourth-order valence-corrected chi connectivity index (χ4v) is 2.32. The summed E-state index contributed by atoms with van der Waals surface area (Å²) in [6.45, 7) is 4.07. The molecule has 1 heterocycles. The van der Waals surface area contributed by atoms with E-state index in [9.17, 15) is 4.79 Å². The van der Waals surface area contributed by atoms with Gasteiger partial charge in [0.05, 0.1) is 6.04 Å². The zero-order chi connectivity index (χ0) is 12.6. The van der Waals surface area contributed by atoms with Gasteiger partial charge in [0.15, 0.2) is 0 Å². The van der Waals surface area contributed by atoms with E-state index in [1.54, 1.807) is 0 Å². The van der Waals surface area contributed by atoms with Crippen molar-refractivity contribution in [3.8, 4) is 0 Å². The molecule has 1 aliphatic heterocycles. The molecule has 0 radical (unpaired) electrons. The molecule has 1 aliphatic rings. The first-order chi connectivity index (χ1) is 8.02. The van der Waals surface area contributed by atoms with Crippen LogP contribution in [0.2, 0.25) is 0 Å². The second-order valence-corrected chi connectivity index (χ2v) is 5.03. The topological polar surface area (TPSA) is 23.6 Å². The molecule has 2 rings (SSSR count). The minimum absolute atomic E-state index is 0.0800. The zero-order valence-electron chi connectivity index (χ0n) is 11.0. The maximum absolute atomic E-state index is 12.4. The summed E-state index contributed by atoms with van der Waals surface area (Å²) in [5.74, 6) is 0.187. The van der Waals surface area contributed by atoms with Gasteiger partial charge in [-0.15, -0.1) is 0 Å². The number of rotatable bonds is 2. The molecular formula is C14H20N2O. The molecule has 0 fully saturated rings. The van der Waals surface area contributed by atoms with Crippen LogP contribution >= 0.6 is 0 Å². The van der Waals surface area contributed by atoms with Crippen molar-refractivity contribution in [2.24, 2.45) is 0 Å². The van der Waals surface area contributed by atoms with Crippen molar-refractivity contribution in [1.82, 2.24) is 4.90 Å². The molecule has 1 aromatic carbocycles. The first-order valence-corrected chi connectivity index (χ1v) is 6.09. The van der Waals surface area contributed by atoms with Crippen molar-refractivity contribution < 1.29 is 4.79 Å². The van der Waals surface area contributed by atoms with Crippen molar-refractivity contribution >= 4 is 11.6 Å². The lowest BCUT2D eigenvalue weighted by Crippen LogP contribution is -2.46. The molecule has 2 unspecified atom stereocenters. The van der Waals surface area contributed by atoms with Gasteiger partial charge in [0.2, 0.25) is 5.91 Å². The van der Waals surface area contributed by atoms with Gasteiger partial charge >= 0.3 is 0 Å². The largest absolute Gasteiger partial charge is 0.308 e. The third kappa shape index (κ3) is 2.07. The summed E-state index contributed by atoms with van der Waals surface area (Å²) in [7, 11) is 3.88. The van der Waals surface area contributed by atoms with Crippen LogP contribution in [-0.4, -0.2) is 37.0 Å². The average Bonchev–Trinajstić information content (AvgIpc) is 2.62.